The van der Waals surface area contributed by atoms with Crippen LogP contribution in [-0.4, -0.2) is 50.6 Å². The maximum Gasteiger partial charge on any atom is 0.191 e. The Morgan fingerprint density at radius 2 is 1.91 bits per heavy atom. The molecule has 0 radical (unpaired) electrons. The van der Waals surface area contributed by atoms with Crippen LogP contribution in [0.2, 0.25) is 0 Å². The molecule has 1 aliphatic carbocycles. The maximum atomic E-state index is 4.40. The largest absolute Gasteiger partial charge is 0.356 e. The van der Waals surface area contributed by atoms with Gasteiger partial charge in [-0.2, -0.15) is 0 Å². The van der Waals surface area contributed by atoms with Crippen molar-refractivity contribution in [2.75, 3.05) is 39.8 Å². The summed E-state index contributed by atoms with van der Waals surface area (Å²) < 4.78 is 0. The van der Waals surface area contributed by atoms with Crippen molar-refractivity contribution in [2.45, 2.75) is 58.8 Å². The highest BCUT2D eigenvalue weighted by Gasteiger charge is 2.34. The van der Waals surface area contributed by atoms with E-state index in [2.05, 4.69) is 34.4 Å². The second-order valence-corrected chi connectivity index (χ2v) is 7.30. The molecular weight excluding hydrogens is 272 g/mol. The summed E-state index contributed by atoms with van der Waals surface area (Å²) in [5.74, 6) is 1.80. The molecule has 1 aliphatic heterocycles. The molecule has 0 aromatic rings. The standard InChI is InChI=1S/C18H36N4/c1-4-11-22-12-7-16(8-13-22)14-20-17(19-3)21-15-18(5-2)9-6-10-18/h16H,4-15H2,1-3H3,(H2,19,20,21). The minimum Gasteiger partial charge on any atom is -0.356 e. The van der Waals surface area contributed by atoms with Crippen LogP contribution in [0.5, 0.6) is 0 Å². The fraction of sp³-hybridized carbons (Fsp3) is 0.944. The summed E-state index contributed by atoms with van der Waals surface area (Å²) in [7, 11) is 1.89. The third-order valence-corrected chi connectivity index (χ3v) is 5.82. The van der Waals surface area contributed by atoms with Crippen LogP contribution < -0.4 is 10.6 Å². The predicted octanol–water partition coefficient (Wildman–Crippen LogP) is 2.85. The molecule has 0 unspecified atom stereocenters. The number of hydrogen-bond acceptors (Lipinski definition) is 2. The summed E-state index contributed by atoms with van der Waals surface area (Å²) in [6, 6.07) is 0. The van der Waals surface area contributed by atoms with Gasteiger partial charge in [-0.1, -0.05) is 20.3 Å². The van der Waals surface area contributed by atoms with E-state index in [9.17, 15) is 0 Å². The molecule has 0 amide bonds. The van der Waals surface area contributed by atoms with Crippen molar-refractivity contribution in [3.8, 4) is 0 Å². The lowest BCUT2D eigenvalue weighted by atomic mass is 9.67. The highest BCUT2D eigenvalue weighted by molar-refractivity contribution is 5.79. The number of likely N-dealkylation sites (tertiary alicyclic amines) is 1. The first-order valence-electron chi connectivity index (χ1n) is 9.38. The Balaban J connectivity index is 1.64. The first-order chi connectivity index (χ1) is 10.7. The lowest BCUT2D eigenvalue weighted by Gasteiger charge is -2.41. The third kappa shape index (κ3) is 4.87. The smallest absolute Gasteiger partial charge is 0.191 e. The number of guanidine groups is 1. The van der Waals surface area contributed by atoms with Crippen molar-refractivity contribution in [2.24, 2.45) is 16.3 Å². The van der Waals surface area contributed by atoms with Crippen LogP contribution in [0.25, 0.3) is 0 Å². The van der Waals surface area contributed by atoms with Crippen LogP contribution >= 0.6 is 0 Å². The Bertz CT molecular complexity index is 335. The zero-order chi connectivity index (χ0) is 15.8. The Morgan fingerprint density at radius 3 is 2.41 bits per heavy atom. The Morgan fingerprint density at radius 1 is 1.18 bits per heavy atom. The normalized spacial score (nSPS) is 23.1. The minimum absolute atomic E-state index is 0.545. The van der Waals surface area contributed by atoms with Gasteiger partial charge in [-0.05, 0) is 69.5 Å². The lowest BCUT2D eigenvalue weighted by molar-refractivity contribution is 0.131. The topological polar surface area (TPSA) is 39.7 Å². The Kier molecular flexibility index (Phi) is 7.00. The zero-order valence-electron chi connectivity index (χ0n) is 15.0. The van der Waals surface area contributed by atoms with E-state index >= 15 is 0 Å². The van der Waals surface area contributed by atoms with Crippen LogP contribution in [0.15, 0.2) is 4.99 Å². The monoisotopic (exact) mass is 308 g/mol. The lowest BCUT2D eigenvalue weighted by Crippen LogP contribution is -2.47. The molecule has 0 aromatic carbocycles. The molecule has 4 nitrogen and oxygen atoms in total. The molecule has 1 saturated carbocycles. The van der Waals surface area contributed by atoms with Crippen LogP contribution in [0.3, 0.4) is 0 Å². The molecule has 1 heterocycles. The summed E-state index contributed by atoms with van der Waals surface area (Å²) in [4.78, 5) is 7.00. The molecule has 128 valence electrons. The van der Waals surface area contributed by atoms with Crippen molar-refractivity contribution in [3.63, 3.8) is 0 Å². The molecular formula is C18H36N4. The van der Waals surface area contributed by atoms with Crippen molar-refractivity contribution < 1.29 is 0 Å². The second kappa shape index (κ2) is 8.76. The fourth-order valence-corrected chi connectivity index (χ4v) is 3.80. The summed E-state index contributed by atoms with van der Waals surface area (Å²) in [6.45, 7) is 10.5. The van der Waals surface area contributed by atoms with Gasteiger partial charge in [0.1, 0.15) is 0 Å². The van der Waals surface area contributed by atoms with Crippen molar-refractivity contribution >= 4 is 5.96 Å². The summed E-state index contributed by atoms with van der Waals surface area (Å²) >= 11 is 0. The number of piperidine rings is 1. The van der Waals surface area contributed by atoms with Gasteiger partial charge in [-0.25, -0.2) is 0 Å². The van der Waals surface area contributed by atoms with E-state index < -0.39 is 0 Å². The van der Waals surface area contributed by atoms with Crippen LogP contribution in [0, 0.1) is 11.3 Å². The SMILES string of the molecule is CCCN1CCC(CNC(=NC)NCC2(CC)CCC2)CC1. The number of hydrogen-bond donors (Lipinski definition) is 2. The Hall–Kier alpha value is -0.770. The molecule has 0 spiro atoms. The number of nitrogens with zero attached hydrogens (tertiary/aromatic N) is 2. The van der Waals surface area contributed by atoms with Gasteiger partial charge in [0.25, 0.3) is 0 Å². The predicted molar refractivity (Wildman–Crippen MR) is 95.4 cm³/mol. The molecule has 2 rings (SSSR count). The van der Waals surface area contributed by atoms with E-state index in [0.717, 1.165) is 25.0 Å². The average Bonchev–Trinajstić information content (AvgIpc) is 2.51. The van der Waals surface area contributed by atoms with E-state index in [4.69, 9.17) is 0 Å². The molecule has 2 aliphatic rings. The van der Waals surface area contributed by atoms with Gasteiger partial charge in [0.05, 0.1) is 0 Å². The number of rotatable bonds is 7. The van der Waals surface area contributed by atoms with Crippen LogP contribution in [0.4, 0.5) is 0 Å². The number of aliphatic imine (C=N–C) groups is 1. The third-order valence-electron chi connectivity index (χ3n) is 5.82. The second-order valence-electron chi connectivity index (χ2n) is 7.30. The molecule has 0 bridgehead atoms. The first-order valence-corrected chi connectivity index (χ1v) is 9.38. The minimum atomic E-state index is 0.545. The van der Waals surface area contributed by atoms with E-state index in [0.29, 0.717) is 5.41 Å². The van der Waals surface area contributed by atoms with E-state index in [1.165, 1.54) is 64.6 Å². The van der Waals surface area contributed by atoms with Crippen LogP contribution in [0.1, 0.15) is 58.8 Å². The van der Waals surface area contributed by atoms with Crippen LogP contribution in [-0.2, 0) is 0 Å². The van der Waals surface area contributed by atoms with E-state index in [-0.39, 0.29) is 0 Å². The van der Waals surface area contributed by atoms with Crippen molar-refractivity contribution in [3.05, 3.63) is 0 Å². The van der Waals surface area contributed by atoms with Crippen molar-refractivity contribution in [1.29, 1.82) is 0 Å². The molecule has 2 fully saturated rings. The summed E-state index contributed by atoms with van der Waals surface area (Å²) in [5.41, 5.74) is 0.545. The summed E-state index contributed by atoms with van der Waals surface area (Å²) in [6.07, 6.45) is 9.36. The molecule has 2 N–H and O–H groups in total. The quantitative estimate of drug-likeness (QED) is 0.561. The van der Waals surface area contributed by atoms with Gasteiger partial charge >= 0.3 is 0 Å². The molecule has 0 aromatic heterocycles. The van der Waals surface area contributed by atoms with Gasteiger partial charge in [0.15, 0.2) is 5.96 Å². The van der Waals surface area contributed by atoms with Gasteiger partial charge in [-0.15, -0.1) is 0 Å². The van der Waals surface area contributed by atoms with Crippen molar-refractivity contribution in [1.82, 2.24) is 15.5 Å². The first kappa shape index (κ1) is 17.6. The zero-order valence-corrected chi connectivity index (χ0v) is 15.0. The van der Waals surface area contributed by atoms with Gasteiger partial charge < -0.3 is 15.5 Å². The maximum absolute atomic E-state index is 4.40. The number of nitrogens with one attached hydrogen (secondary N) is 2. The average molecular weight is 309 g/mol. The van der Waals surface area contributed by atoms with E-state index in [1.54, 1.807) is 0 Å². The van der Waals surface area contributed by atoms with Gasteiger partial charge in [-0.3, -0.25) is 4.99 Å². The highest BCUT2D eigenvalue weighted by Crippen LogP contribution is 2.42. The highest BCUT2D eigenvalue weighted by atomic mass is 15.2. The van der Waals surface area contributed by atoms with Gasteiger partial charge in [0, 0.05) is 20.1 Å². The molecule has 1 saturated heterocycles. The Labute approximate surface area is 137 Å². The van der Waals surface area contributed by atoms with Gasteiger partial charge in [0.2, 0.25) is 0 Å². The fourth-order valence-electron chi connectivity index (χ4n) is 3.80. The summed E-state index contributed by atoms with van der Waals surface area (Å²) in [5, 5.41) is 7.11. The molecule has 4 heteroatoms. The molecule has 22 heavy (non-hydrogen) atoms. The van der Waals surface area contributed by atoms with E-state index in [1.807, 2.05) is 7.05 Å². The molecule has 0 atom stereocenters.